The first-order chi connectivity index (χ1) is 4.51. The maximum absolute atomic E-state index is 5.38. The van der Waals surface area contributed by atoms with Crippen molar-refractivity contribution in [2.45, 2.75) is 33.2 Å². The molecule has 58 valence electrons. The van der Waals surface area contributed by atoms with Crippen molar-refractivity contribution < 1.29 is 4.74 Å². The highest BCUT2D eigenvalue weighted by Gasteiger charge is 2.27. The Morgan fingerprint density at radius 3 is 2.30 bits per heavy atom. The van der Waals surface area contributed by atoms with Crippen molar-refractivity contribution in [1.82, 2.24) is 0 Å². The van der Waals surface area contributed by atoms with Crippen molar-refractivity contribution >= 4 is 5.90 Å². The predicted octanol–water partition coefficient (Wildman–Crippen LogP) is 1.85. The maximum atomic E-state index is 5.38. The third-order valence-corrected chi connectivity index (χ3v) is 1.48. The van der Waals surface area contributed by atoms with Gasteiger partial charge in [0.25, 0.3) is 0 Å². The normalized spacial score (nSPS) is 22.7. The highest BCUT2D eigenvalue weighted by atomic mass is 16.5. The Balaban J connectivity index is 2.66. The average Bonchev–Trinajstić information content (AvgIpc) is 2.10. The number of hydrogen-bond acceptors (Lipinski definition) is 2. The molecule has 0 aliphatic carbocycles. The van der Waals surface area contributed by atoms with Gasteiger partial charge in [0, 0.05) is 5.92 Å². The van der Waals surface area contributed by atoms with Gasteiger partial charge in [0.05, 0.1) is 5.54 Å². The Bertz CT molecular complexity index is 159. The molecule has 0 amide bonds. The van der Waals surface area contributed by atoms with Crippen molar-refractivity contribution in [1.29, 1.82) is 0 Å². The second-order valence-corrected chi connectivity index (χ2v) is 3.71. The molecule has 1 aliphatic heterocycles. The van der Waals surface area contributed by atoms with Crippen LogP contribution in [0.15, 0.2) is 4.99 Å². The number of hydrogen-bond donors (Lipinski definition) is 0. The molecule has 0 bridgehead atoms. The number of ether oxygens (including phenoxy) is 1. The topological polar surface area (TPSA) is 21.6 Å². The highest BCUT2D eigenvalue weighted by molar-refractivity contribution is 5.79. The first-order valence-electron chi connectivity index (χ1n) is 3.74. The van der Waals surface area contributed by atoms with E-state index in [1.165, 1.54) is 0 Å². The fourth-order valence-corrected chi connectivity index (χ4v) is 0.909. The Labute approximate surface area is 62.3 Å². The summed E-state index contributed by atoms with van der Waals surface area (Å²) in [7, 11) is 0. The van der Waals surface area contributed by atoms with Gasteiger partial charge in [0.15, 0.2) is 5.90 Å². The number of rotatable bonds is 1. The van der Waals surface area contributed by atoms with E-state index in [1.54, 1.807) is 0 Å². The summed E-state index contributed by atoms with van der Waals surface area (Å²) in [6.45, 7) is 9.10. The molecule has 2 heteroatoms. The van der Waals surface area contributed by atoms with Gasteiger partial charge in [-0.25, -0.2) is 4.99 Å². The van der Waals surface area contributed by atoms with Crippen LogP contribution in [0.1, 0.15) is 27.7 Å². The monoisotopic (exact) mass is 141 g/mol. The average molecular weight is 141 g/mol. The van der Waals surface area contributed by atoms with Crippen LogP contribution in [0.2, 0.25) is 0 Å². The highest BCUT2D eigenvalue weighted by Crippen LogP contribution is 2.19. The van der Waals surface area contributed by atoms with E-state index in [2.05, 4.69) is 32.7 Å². The molecule has 0 N–H and O–H groups in total. The molecule has 1 aliphatic rings. The molecule has 1 heterocycles. The van der Waals surface area contributed by atoms with Crippen LogP contribution in [0.25, 0.3) is 0 Å². The zero-order valence-corrected chi connectivity index (χ0v) is 7.14. The number of nitrogens with zero attached hydrogens (tertiary/aromatic N) is 1. The van der Waals surface area contributed by atoms with Crippen LogP contribution in [0.5, 0.6) is 0 Å². The van der Waals surface area contributed by atoms with Gasteiger partial charge in [0.2, 0.25) is 0 Å². The van der Waals surface area contributed by atoms with E-state index < -0.39 is 0 Å². The van der Waals surface area contributed by atoms with Gasteiger partial charge >= 0.3 is 0 Å². The Morgan fingerprint density at radius 2 is 2.10 bits per heavy atom. The van der Waals surface area contributed by atoms with Gasteiger partial charge in [-0.3, -0.25) is 0 Å². The summed E-state index contributed by atoms with van der Waals surface area (Å²) < 4.78 is 5.38. The molecule has 1 rings (SSSR count). The molecule has 0 atom stereocenters. The molecular weight excluding hydrogens is 126 g/mol. The smallest absolute Gasteiger partial charge is 0.186 e. The van der Waals surface area contributed by atoms with Gasteiger partial charge in [0.1, 0.15) is 6.61 Å². The van der Waals surface area contributed by atoms with Crippen LogP contribution in [0.3, 0.4) is 0 Å². The van der Waals surface area contributed by atoms with Gasteiger partial charge in [-0.15, -0.1) is 0 Å². The van der Waals surface area contributed by atoms with Crippen LogP contribution in [-0.2, 0) is 4.74 Å². The molecule has 2 nitrogen and oxygen atoms in total. The Hall–Kier alpha value is -0.530. The third-order valence-electron chi connectivity index (χ3n) is 1.48. The lowest BCUT2D eigenvalue weighted by atomic mass is 10.1. The SMILES string of the molecule is CC(C)C1=NC(C)(C)CO1. The minimum Gasteiger partial charge on any atom is -0.478 e. The van der Waals surface area contributed by atoms with Gasteiger partial charge in [-0.1, -0.05) is 13.8 Å². The molecular formula is C8H15NO. The van der Waals surface area contributed by atoms with Crippen molar-refractivity contribution in [3.8, 4) is 0 Å². The summed E-state index contributed by atoms with van der Waals surface area (Å²) in [6.07, 6.45) is 0. The van der Waals surface area contributed by atoms with Crippen LogP contribution in [0, 0.1) is 5.92 Å². The van der Waals surface area contributed by atoms with Crippen LogP contribution in [0.4, 0.5) is 0 Å². The fourth-order valence-electron chi connectivity index (χ4n) is 0.909. The first kappa shape index (κ1) is 7.58. The molecule has 0 aromatic heterocycles. The van der Waals surface area contributed by atoms with Gasteiger partial charge in [-0.2, -0.15) is 0 Å². The second-order valence-electron chi connectivity index (χ2n) is 3.71. The van der Waals surface area contributed by atoms with Crippen molar-refractivity contribution in [3.63, 3.8) is 0 Å². The third kappa shape index (κ3) is 1.49. The molecule has 0 radical (unpaired) electrons. The summed E-state index contributed by atoms with van der Waals surface area (Å²) in [4.78, 5) is 4.41. The van der Waals surface area contributed by atoms with Crippen molar-refractivity contribution in [2.24, 2.45) is 10.9 Å². The van der Waals surface area contributed by atoms with E-state index in [0.717, 1.165) is 12.5 Å². The molecule has 0 spiro atoms. The maximum Gasteiger partial charge on any atom is 0.186 e. The predicted molar refractivity (Wildman–Crippen MR) is 42.3 cm³/mol. The summed E-state index contributed by atoms with van der Waals surface area (Å²) in [5.41, 5.74) is 0.0135. The Kier molecular flexibility index (Phi) is 1.71. The van der Waals surface area contributed by atoms with E-state index in [-0.39, 0.29) is 5.54 Å². The van der Waals surface area contributed by atoms with Crippen LogP contribution >= 0.6 is 0 Å². The summed E-state index contributed by atoms with van der Waals surface area (Å²) in [6, 6.07) is 0. The number of aliphatic imine (C=N–C) groups is 1. The Morgan fingerprint density at radius 1 is 1.50 bits per heavy atom. The summed E-state index contributed by atoms with van der Waals surface area (Å²) in [5, 5.41) is 0. The fraction of sp³-hybridized carbons (Fsp3) is 0.875. The summed E-state index contributed by atoms with van der Waals surface area (Å²) in [5.74, 6) is 1.34. The molecule has 10 heavy (non-hydrogen) atoms. The minimum atomic E-state index is 0.0135. The quantitative estimate of drug-likeness (QED) is 0.546. The lowest BCUT2D eigenvalue weighted by Crippen LogP contribution is -2.17. The lowest BCUT2D eigenvalue weighted by Gasteiger charge is -2.07. The van der Waals surface area contributed by atoms with E-state index in [4.69, 9.17) is 4.74 Å². The molecule has 0 fully saturated rings. The van der Waals surface area contributed by atoms with Gasteiger partial charge in [-0.05, 0) is 13.8 Å². The molecule has 0 unspecified atom stereocenters. The molecule has 0 aromatic carbocycles. The molecule has 0 aromatic rings. The van der Waals surface area contributed by atoms with E-state index >= 15 is 0 Å². The van der Waals surface area contributed by atoms with E-state index in [1.807, 2.05) is 0 Å². The summed E-state index contributed by atoms with van der Waals surface area (Å²) >= 11 is 0. The van der Waals surface area contributed by atoms with Crippen molar-refractivity contribution in [3.05, 3.63) is 0 Å². The van der Waals surface area contributed by atoms with Gasteiger partial charge < -0.3 is 4.74 Å². The lowest BCUT2D eigenvalue weighted by molar-refractivity contribution is 0.268. The second kappa shape index (κ2) is 2.26. The zero-order chi connectivity index (χ0) is 7.78. The van der Waals surface area contributed by atoms with Crippen molar-refractivity contribution in [2.75, 3.05) is 6.61 Å². The van der Waals surface area contributed by atoms with Crippen LogP contribution in [-0.4, -0.2) is 18.0 Å². The first-order valence-corrected chi connectivity index (χ1v) is 3.74. The van der Waals surface area contributed by atoms with E-state index in [9.17, 15) is 0 Å². The van der Waals surface area contributed by atoms with E-state index in [0.29, 0.717) is 5.92 Å². The molecule has 0 saturated carbocycles. The largest absolute Gasteiger partial charge is 0.478 e. The molecule has 0 saturated heterocycles. The van der Waals surface area contributed by atoms with Crippen LogP contribution < -0.4 is 0 Å². The standard InChI is InChI=1S/C8H15NO/c1-6(2)7-9-8(3,4)5-10-7/h6H,5H2,1-4H3. The minimum absolute atomic E-state index is 0.0135. The zero-order valence-electron chi connectivity index (χ0n) is 7.14.